The standard InChI is InChI=1S/C18H22N2O4S/c1-3-12-25(22,23)20-16-7-5-6-14(13-16)18(21)19-15-8-10-17(11-9-15)24-4-2/h5-11,13,20H,3-4,12H2,1-2H3,(H,19,21). The molecule has 134 valence electrons. The Morgan fingerprint density at radius 3 is 2.40 bits per heavy atom. The summed E-state index contributed by atoms with van der Waals surface area (Å²) in [5.41, 5.74) is 1.36. The number of ether oxygens (including phenoxy) is 1. The van der Waals surface area contributed by atoms with Crippen molar-refractivity contribution in [3.05, 3.63) is 54.1 Å². The van der Waals surface area contributed by atoms with Crippen LogP contribution in [0.3, 0.4) is 0 Å². The van der Waals surface area contributed by atoms with Crippen molar-refractivity contribution in [3.63, 3.8) is 0 Å². The second-order valence-corrected chi connectivity index (χ2v) is 7.26. The van der Waals surface area contributed by atoms with E-state index in [0.717, 1.165) is 5.75 Å². The third-order valence-corrected chi connectivity index (χ3v) is 4.79. The molecule has 0 radical (unpaired) electrons. The molecule has 7 heteroatoms. The van der Waals surface area contributed by atoms with Gasteiger partial charge in [0.25, 0.3) is 5.91 Å². The van der Waals surface area contributed by atoms with Gasteiger partial charge < -0.3 is 10.1 Å². The van der Waals surface area contributed by atoms with E-state index in [0.29, 0.717) is 30.0 Å². The molecule has 0 unspecified atom stereocenters. The molecule has 0 atom stereocenters. The molecular weight excluding hydrogens is 340 g/mol. The highest BCUT2D eigenvalue weighted by molar-refractivity contribution is 7.92. The summed E-state index contributed by atoms with van der Waals surface area (Å²) >= 11 is 0. The van der Waals surface area contributed by atoms with Crippen molar-refractivity contribution in [1.82, 2.24) is 0 Å². The highest BCUT2D eigenvalue weighted by Gasteiger charge is 2.11. The predicted molar refractivity (Wildman–Crippen MR) is 99.7 cm³/mol. The molecule has 0 aliphatic rings. The van der Waals surface area contributed by atoms with E-state index in [1.807, 2.05) is 6.92 Å². The van der Waals surface area contributed by atoms with Crippen molar-refractivity contribution in [1.29, 1.82) is 0 Å². The van der Waals surface area contributed by atoms with Gasteiger partial charge in [0.2, 0.25) is 10.0 Å². The summed E-state index contributed by atoms with van der Waals surface area (Å²) < 4.78 is 31.5. The lowest BCUT2D eigenvalue weighted by Crippen LogP contribution is -2.17. The summed E-state index contributed by atoms with van der Waals surface area (Å²) in [7, 11) is -3.39. The van der Waals surface area contributed by atoms with Gasteiger partial charge in [-0.15, -0.1) is 0 Å². The molecule has 2 aromatic carbocycles. The molecule has 6 nitrogen and oxygen atoms in total. The predicted octanol–water partition coefficient (Wildman–Crippen LogP) is 3.49. The van der Waals surface area contributed by atoms with Crippen LogP contribution in [0.25, 0.3) is 0 Å². The SMILES string of the molecule is CCCS(=O)(=O)Nc1cccc(C(=O)Nc2ccc(OCC)cc2)c1. The first-order valence-corrected chi connectivity index (χ1v) is 9.73. The molecule has 0 aromatic heterocycles. The van der Waals surface area contributed by atoms with Crippen LogP contribution in [0.4, 0.5) is 11.4 Å². The Kier molecular flexibility index (Phi) is 6.41. The summed E-state index contributed by atoms with van der Waals surface area (Å²) in [6.45, 7) is 4.27. The molecule has 0 spiro atoms. The van der Waals surface area contributed by atoms with Crippen molar-refractivity contribution < 1.29 is 17.9 Å². The lowest BCUT2D eigenvalue weighted by molar-refractivity contribution is 0.102. The Morgan fingerprint density at radius 2 is 1.76 bits per heavy atom. The Balaban J connectivity index is 2.08. The zero-order valence-corrected chi connectivity index (χ0v) is 15.1. The van der Waals surface area contributed by atoms with E-state index < -0.39 is 10.0 Å². The van der Waals surface area contributed by atoms with Gasteiger partial charge in [0.15, 0.2) is 0 Å². The number of carbonyl (C=O) groups excluding carboxylic acids is 1. The maximum Gasteiger partial charge on any atom is 0.255 e. The normalized spacial score (nSPS) is 11.0. The molecule has 0 fully saturated rings. The Hall–Kier alpha value is -2.54. The van der Waals surface area contributed by atoms with Gasteiger partial charge in [-0.2, -0.15) is 0 Å². The van der Waals surface area contributed by atoms with Gasteiger partial charge in [-0.3, -0.25) is 9.52 Å². The molecule has 0 aliphatic carbocycles. The Bertz CT molecular complexity index is 817. The summed E-state index contributed by atoms with van der Waals surface area (Å²) in [4.78, 5) is 12.3. The average molecular weight is 362 g/mol. The maximum absolute atomic E-state index is 12.3. The summed E-state index contributed by atoms with van der Waals surface area (Å²) in [6, 6.07) is 13.4. The molecule has 0 aliphatic heterocycles. The topological polar surface area (TPSA) is 84.5 Å². The minimum atomic E-state index is -3.39. The lowest BCUT2D eigenvalue weighted by Gasteiger charge is -2.10. The van der Waals surface area contributed by atoms with Gasteiger partial charge in [-0.25, -0.2) is 8.42 Å². The summed E-state index contributed by atoms with van der Waals surface area (Å²) in [6.07, 6.45) is 0.521. The van der Waals surface area contributed by atoms with Crippen LogP contribution in [0.1, 0.15) is 30.6 Å². The van der Waals surface area contributed by atoms with Crippen LogP contribution in [0.5, 0.6) is 5.75 Å². The number of carbonyl (C=O) groups is 1. The number of anilines is 2. The number of amides is 1. The first kappa shape index (κ1) is 18.8. The van der Waals surface area contributed by atoms with Gasteiger partial charge in [0.05, 0.1) is 12.4 Å². The van der Waals surface area contributed by atoms with E-state index in [2.05, 4.69) is 10.0 Å². The fourth-order valence-electron chi connectivity index (χ4n) is 2.23. The van der Waals surface area contributed by atoms with Crippen LogP contribution < -0.4 is 14.8 Å². The average Bonchev–Trinajstić information content (AvgIpc) is 2.56. The van der Waals surface area contributed by atoms with Crippen molar-refractivity contribution in [3.8, 4) is 5.75 Å². The zero-order chi connectivity index (χ0) is 18.3. The lowest BCUT2D eigenvalue weighted by atomic mass is 10.2. The van der Waals surface area contributed by atoms with Gasteiger partial charge in [-0.1, -0.05) is 13.0 Å². The minimum Gasteiger partial charge on any atom is -0.494 e. The van der Waals surface area contributed by atoms with E-state index in [4.69, 9.17) is 4.74 Å². The van der Waals surface area contributed by atoms with E-state index >= 15 is 0 Å². The summed E-state index contributed by atoms with van der Waals surface area (Å²) in [5.74, 6) is 0.448. The second kappa shape index (κ2) is 8.53. The van der Waals surface area contributed by atoms with Gasteiger partial charge in [-0.05, 0) is 55.8 Å². The van der Waals surface area contributed by atoms with Crippen LogP contribution in [-0.2, 0) is 10.0 Å². The van der Waals surface area contributed by atoms with Crippen LogP contribution in [-0.4, -0.2) is 26.7 Å². The molecule has 0 saturated heterocycles. The smallest absolute Gasteiger partial charge is 0.255 e. The quantitative estimate of drug-likeness (QED) is 0.753. The Morgan fingerprint density at radius 1 is 1.04 bits per heavy atom. The summed E-state index contributed by atoms with van der Waals surface area (Å²) in [5, 5.41) is 2.77. The number of benzene rings is 2. The second-order valence-electron chi connectivity index (χ2n) is 5.41. The molecule has 1 amide bonds. The maximum atomic E-state index is 12.3. The first-order valence-electron chi connectivity index (χ1n) is 8.08. The zero-order valence-electron chi connectivity index (χ0n) is 14.3. The Labute approximate surface area is 148 Å². The minimum absolute atomic E-state index is 0.0373. The van der Waals surface area contributed by atoms with Crippen molar-refractivity contribution >= 4 is 27.3 Å². The van der Waals surface area contributed by atoms with Gasteiger partial charge >= 0.3 is 0 Å². The van der Waals surface area contributed by atoms with E-state index in [1.54, 1.807) is 49.4 Å². The van der Waals surface area contributed by atoms with Gasteiger partial charge in [0, 0.05) is 16.9 Å². The highest BCUT2D eigenvalue weighted by atomic mass is 32.2. The third-order valence-electron chi connectivity index (χ3n) is 3.29. The number of hydrogen-bond acceptors (Lipinski definition) is 4. The molecule has 0 heterocycles. The van der Waals surface area contributed by atoms with Crippen LogP contribution in [0.15, 0.2) is 48.5 Å². The monoisotopic (exact) mass is 362 g/mol. The fourth-order valence-corrected chi connectivity index (χ4v) is 3.35. The van der Waals surface area contributed by atoms with Crippen molar-refractivity contribution in [2.45, 2.75) is 20.3 Å². The fraction of sp³-hybridized carbons (Fsp3) is 0.278. The number of sulfonamides is 1. The number of rotatable bonds is 8. The molecular formula is C18H22N2O4S. The molecule has 2 aromatic rings. The van der Waals surface area contributed by atoms with Crippen LogP contribution in [0, 0.1) is 0 Å². The van der Waals surface area contributed by atoms with Crippen LogP contribution in [0.2, 0.25) is 0 Å². The van der Waals surface area contributed by atoms with Crippen molar-refractivity contribution in [2.24, 2.45) is 0 Å². The van der Waals surface area contributed by atoms with E-state index in [1.165, 1.54) is 6.07 Å². The molecule has 25 heavy (non-hydrogen) atoms. The number of nitrogens with one attached hydrogen (secondary N) is 2. The third kappa shape index (κ3) is 5.79. The molecule has 0 bridgehead atoms. The van der Waals surface area contributed by atoms with E-state index in [9.17, 15) is 13.2 Å². The molecule has 0 saturated carbocycles. The highest BCUT2D eigenvalue weighted by Crippen LogP contribution is 2.18. The largest absolute Gasteiger partial charge is 0.494 e. The van der Waals surface area contributed by atoms with Crippen molar-refractivity contribution in [2.75, 3.05) is 22.4 Å². The molecule has 2 N–H and O–H groups in total. The molecule has 2 rings (SSSR count). The van der Waals surface area contributed by atoms with E-state index in [-0.39, 0.29) is 11.7 Å². The van der Waals surface area contributed by atoms with Crippen LogP contribution >= 0.6 is 0 Å². The number of hydrogen-bond donors (Lipinski definition) is 2. The first-order chi connectivity index (χ1) is 11.9. The van der Waals surface area contributed by atoms with Gasteiger partial charge in [0.1, 0.15) is 5.75 Å².